The van der Waals surface area contributed by atoms with Crippen molar-refractivity contribution in [1.82, 2.24) is 4.98 Å². The van der Waals surface area contributed by atoms with E-state index in [-0.39, 0.29) is 0 Å². The quantitative estimate of drug-likeness (QED) is 0.169. The van der Waals surface area contributed by atoms with Crippen molar-refractivity contribution < 1.29 is 14.3 Å². The van der Waals surface area contributed by atoms with Crippen LogP contribution in [0.1, 0.15) is 20.8 Å². The van der Waals surface area contributed by atoms with Crippen molar-refractivity contribution in [3.8, 4) is 22.8 Å². The highest BCUT2D eigenvalue weighted by molar-refractivity contribution is 7.15. The standard InChI is InChI=1S/C25H21N3O3S/c1-17-23(19-9-5-3-6-10-19)27-25(32-17)28-26-16-18-13-14-21(22(15-18)30-2)31-24(29)20-11-7-4-8-12-20/h3-16H,1-2H3,(H,27,28)/b26-16-. The molecule has 0 bridgehead atoms. The summed E-state index contributed by atoms with van der Waals surface area (Å²) in [6, 6.07) is 24.1. The average molecular weight is 444 g/mol. The summed E-state index contributed by atoms with van der Waals surface area (Å²) >= 11 is 1.54. The molecule has 4 rings (SSSR count). The smallest absolute Gasteiger partial charge is 0.343 e. The zero-order valence-electron chi connectivity index (χ0n) is 17.6. The van der Waals surface area contributed by atoms with Crippen molar-refractivity contribution in [2.75, 3.05) is 12.5 Å². The number of hydrogen-bond acceptors (Lipinski definition) is 7. The molecule has 7 heteroatoms. The summed E-state index contributed by atoms with van der Waals surface area (Å²) in [6.45, 7) is 2.04. The summed E-state index contributed by atoms with van der Waals surface area (Å²) in [5.74, 6) is 0.338. The lowest BCUT2D eigenvalue weighted by Crippen LogP contribution is -2.09. The average Bonchev–Trinajstić information content (AvgIpc) is 3.21. The van der Waals surface area contributed by atoms with Gasteiger partial charge in [0, 0.05) is 10.4 Å². The number of carbonyl (C=O) groups excluding carboxylic acids is 1. The van der Waals surface area contributed by atoms with E-state index in [0.29, 0.717) is 22.2 Å². The predicted octanol–water partition coefficient (Wildman–Crippen LogP) is 5.79. The molecule has 32 heavy (non-hydrogen) atoms. The van der Waals surface area contributed by atoms with Crippen LogP contribution in [0.2, 0.25) is 0 Å². The molecule has 1 heterocycles. The second-order valence-electron chi connectivity index (χ2n) is 6.83. The molecule has 0 saturated heterocycles. The van der Waals surface area contributed by atoms with Gasteiger partial charge in [0.25, 0.3) is 0 Å². The van der Waals surface area contributed by atoms with E-state index >= 15 is 0 Å². The van der Waals surface area contributed by atoms with Crippen LogP contribution in [0.25, 0.3) is 11.3 Å². The van der Waals surface area contributed by atoms with Gasteiger partial charge in [0.1, 0.15) is 0 Å². The van der Waals surface area contributed by atoms with Gasteiger partial charge < -0.3 is 9.47 Å². The molecule has 0 aliphatic carbocycles. The fourth-order valence-electron chi connectivity index (χ4n) is 3.05. The van der Waals surface area contributed by atoms with Crippen LogP contribution in [-0.2, 0) is 0 Å². The van der Waals surface area contributed by atoms with Crippen molar-refractivity contribution in [2.24, 2.45) is 5.10 Å². The summed E-state index contributed by atoms with van der Waals surface area (Å²) in [5, 5.41) is 4.99. The van der Waals surface area contributed by atoms with Gasteiger partial charge in [0.15, 0.2) is 11.5 Å². The first kappa shape index (κ1) is 21.3. The molecule has 0 fully saturated rings. The lowest BCUT2D eigenvalue weighted by atomic mass is 10.1. The van der Waals surface area contributed by atoms with Crippen LogP contribution >= 0.6 is 11.3 Å². The molecule has 0 unspecified atom stereocenters. The van der Waals surface area contributed by atoms with Crippen molar-refractivity contribution >= 4 is 28.7 Å². The summed E-state index contributed by atoms with van der Waals surface area (Å²) in [6.07, 6.45) is 1.66. The third-order valence-corrected chi connectivity index (χ3v) is 5.49. The van der Waals surface area contributed by atoms with Crippen LogP contribution in [0, 0.1) is 6.92 Å². The summed E-state index contributed by atoms with van der Waals surface area (Å²) in [5.41, 5.74) is 6.25. The van der Waals surface area contributed by atoms with E-state index in [0.717, 1.165) is 21.7 Å². The van der Waals surface area contributed by atoms with E-state index in [4.69, 9.17) is 9.47 Å². The van der Waals surface area contributed by atoms with Crippen LogP contribution in [0.5, 0.6) is 11.5 Å². The Kier molecular flexibility index (Phi) is 6.57. The Morgan fingerprint density at radius 2 is 1.72 bits per heavy atom. The molecule has 0 aliphatic rings. The molecule has 4 aromatic rings. The molecule has 0 amide bonds. The number of aryl methyl sites for hydroxylation is 1. The number of benzene rings is 3. The van der Waals surface area contributed by atoms with E-state index in [1.54, 1.807) is 60.0 Å². The van der Waals surface area contributed by atoms with Gasteiger partial charge in [-0.1, -0.05) is 48.5 Å². The third kappa shape index (κ3) is 5.01. The van der Waals surface area contributed by atoms with Crippen molar-refractivity contribution in [3.63, 3.8) is 0 Å². The fourth-order valence-corrected chi connectivity index (χ4v) is 3.84. The van der Waals surface area contributed by atoms with Gasteiger partial charge in [-0.3, -0.25) is 5.43 Å². The Labute approximate surface area is 190 Å². The molecule has 1 aromatic heterocycles. The van der Waals surface area contributed by atoms with Gasteiger partial charge >= 0.3 is 5.97 Å². The number of rotatable bonds is 7. The Morgan fingerprint density at radius 1 is 1.00 bits per heavy atom. The fraction of sp³-hybridized carbons (Fsp3) is 0.0800. The largest absolute Gasteiger partial charge is 0.493 e. The molecule has 6 nitrogen and oxygen atoms in total. The minimum atomic E-state index is -0.444. The lowest BCUT2D eigenvalue weighted by molar-refractivity contribution is 0.0729. The highest BCUT2D eigenvalue weighted by Gasteiger charge is 2.13. The number of nitrogens with one attached hydrogen (secondary N) is 1. The highest BCUT2D eigenvalue weighted by atomic mass is 32.1. The molecule has 0 saturated carbocycles. The number of methoxy groups -OCH3 is 1. The molecular weight excluding hydrogens is 422 g/mol. The third-order valence-electron chi connectivity index (χ3n) is 4.62. The number of aromatic nitrogens is 1. The zero-order chi connectivity index (χ0) is 22.3. The van der Waals surface area contributed by atoms with E-state index in [9.17, 15) is 4.79 Å². The molecular formula is C25H21N3O3S. The maximum absolute atomic E-state index is 12.3. The van der Waals surface area contributed by atoms with Crippen LogP contribution < -0.4 is 14.9 Å². The Morgan fingerprint density at radius 3 is 2.44 bits per heavy atom. The predicted molar refractivity (Wildman–Crippen MR) is 128 cm³/mol. The van der Waals surface area contributed by atoms with Crippen LogP contribution in [-0.4, -0.2) is 24.3 Å². The maximum Gasteiger partial charge on any atom is 0.343 e. The number of esters is 1. The van der Waals surface area contributed by atoms with Crippen LogP contribution in [0.3, 0.4) is 0 Å². The zero-order valence-corrected chi connectivity index (χ0v) is 18.4. The van der Waals surface area contributed by atoms with E-state index in [2.05, 4.69) is 15.5 Å². The summed E-state index contributed by atoms with van der Waals surface area (Å²) in [7, 11) is 1.53. The number of ether oxygens (including phenoxy) is 2. The van der Waals surface area contributed by atoms with Gasteiger partial charge in [-0.25, -0.2) is 9.78 Å². The number of thiazole rings is 1. The summed E-state index contributed by atoms with van der Waals surface area (Å²) < 4.78 is 10.9. The van der Waals surface area contributed by atoms with E-state index in [1.807, 2.05) is 43.3 Å². The van der Waals surface area contributed by atoms with Gasteiger partial charge in [-0.2, -0.15) is 5.10 Å². The SMILES string of the molecule is COc1cc(/C=N\Nc2nc(-c3ccccc3)c(C)s2)ccc1OC(=O)c1ccccc1. The second-order valence-corrected chi connectivity index (χ2v) is 8.03. The first-order valence-electron chi connectivity index (χ1n) is 9.91. The Hall–Kier alpha value is -3.97. The minimum Gasteiger partial charge on any atom is -0.493 e. The second kappa shape index (κ2) is 9.89. The highest BCUT2D eigenvalue weighted by Crippen LogP contribution is 2.31. The topological polar surface area (TPSA) is 72.8 Å². The van der Waals surface area contributed by atoms with Gasteiger partial charge in [0.05, 0.1) is 24.6 Å². The molecule has 0 spiro atoms. The van der Waals surface area contributed by atoms with Crippen LogP contribution in [0.4, 0.5) is 5.13 Å². The number of carbonyl (C=O) groups is 1. The Balaban J connectivity index is 1.44. The first-order valence-corrected chi connectivity index (χ1v) is 10.7. The van der Waals surface area contributed by atoms with Crippen molar-refractivity contribution in [1.29, 1.82) is 0 Å². The molecule has 160 valence electrons. The molecule has 3 aromatic carbocycles. The monoisotopic (exact) mass is 443 g/mol. The van der Waals surface area contributed by atoms with Gasteiger partial charge in [-0.15, -0.1) is 11.3 Å². The number of nitrogens with zero attached hydrogens (tertiary/aromatic N) is 2. The number of hydrogen-bond donors (Lipinski definition) is 1. The number of hydrazone groups is 1. The molecule has 1 N–H and O–H groups in total. The van der Waals surface area contributed by atoms with Gasteiger partial charge in [-0.05, 0) is 42.8 Å². The van der Waals surface area contributed by atoms with E-state index < -0.39 is 5.97 Å². The Bertz CT molecular complexity index is 1240. The first-order chi connectivity index (χ1) is 15.6. The van der Waals surface area contributed by atoms with E-state index in [1.165, 1.54) is 7.11 Å². The molecule has 0 atom stereocenters. The van der Waals surface area contributed by atoms with Crippen molar-refractivity contribution in [3.05, 3.63) is 94.9 Å². The number of anilines is 1. The van der Waals surface area contributed by atoms with Crippen molar-refractivity contribution in [2.45, 2.75) is 6.92 Å². The lowest BCUT2D eigenvalue weighted by Gasteiger charge is -2.09. The normalized spacial score (nSPS) is 10.8. The summed E-state index contributed by atoms with van der Waals surface area (Å²) in [4.78, 5) is 18.1. The minimum absolute atomic E-state index is 0.342. The molecule has 0 aliphatic heterocycles. The maximum atomic E-state index is 12.3. The molecule has 0 radical (unpaired) electrons. The van der Waals surface area contributed by atoms with Gasteiger partial charge in [0.2, 0.25) is 5.13 Å². The van der Waals surface area contributed by atoms with Crippen LogP contribution in [0.15, 0.2) is 84.0 Å².